The molecular weight excluding hydrogens is 585 g/mol. The fourth-order valence-corrected chi connectivity index (χ4v) is 7.32. The highest BCUT2D eigenvalue weighted by Crippen LogP contribution is 2.17. The average molecular weight is 677 g/mol. The lowest BCUT2D eigenvalue weighted by atomic mass is 10.0. The lowest BCUT2D eigenvalue weighted by molar-refractivity contribution is -0.143. The van der Waals surface area contributed by atoms with E-state index in [-0.39, 0.29) is 5.97 Å². The molecule has 0 N–H and O–H groups in total. The summed E-state index contributed by atoms with van der Waals surface area (Å²) < 4.78 is 5.48. The summed E-state index contributed by atoms with van der Waals surface area (Å²) in [4.78, 5) is 12.0. The predicted octanol–water partition coefficient (Wildman–Crippen LogP) is 17.0. The van der Waals surface area contributed by atoms with Crippen LogP contribution in [-0.2, 0) is 9.53 Å². The Morgan fingerprint density at radius 2 is 0.458 bits per heavy atom. The summed E-state index contributed by atoms with van der Waals surface area (Å²) in [6.45, 7) is 5.23. The molecule has 0 saturated heterocycles. The maximum absolute atomic E-state index is 12.0. The fraction of sp³-hybridized carbons (Fsp3) is 0.978. The second-order valence-corrected chi connectivity index (χ2v) is 15.8. The summed E-state index contributed by atoms with van der Waals surface area (Å²) in [5.74, 6) is 0.0317. The number of esters is 1. The molecule has 0 rings (SSSR count). The molecule has 0 aliphatic rings. The zero-order valence-corrected chi connectivity index (χ0v) is 33.7. The molecule has 0 aliphatic heterocycles. The van der Waals surface area contributed by atoms with Crippen molar-refractivity contribution in [2.75, 3.05) is 6.61 Å². The first-order valence-corrected chi connectivity index (χ1v) is 23.0. The maximum atomic E-state index is 12.0. The van der Waals surface area contributed by atoms with Crippen LogP contribution in [0.4, 0.5) is 0 Å². The minimum absolute atomic E-state index is 0.0317. The Morgan fingerprint density at radius 1 is 0.271 bits per heavy atom. The van der Waals surface area contributed by atoms with Gasteiger partial charge in [-0.05, 0) is 12.8 Å². The molecule has 2 nitrogen and oxygen atoms in total. The molecule has 0 atom stereocenters. The van der Waals surface area contributed by atoms with Crippen molar-refractivity contribution < 1.29 is 9.53 Å². The molecule has 0 heterocycles. The molecular formula is C46H92O2. The van der Waals surface area contributed by atoms with E-state index in [1.54, 1.807) is 0 Å². The summed E-state index contributed by atoms with van der Waals surface area (Å²) in [6, 6.07) is 0. The number of carbonyl (C=O) groups is 1. The summed E-state index contributed by atoms with van der Waals surface area (Å²) in [7, 11) is 0. The van der Waals surface area contributed by atoms with Crippen LogP contribution in [0.3, 0.4) is 0 Å². The van der Waals surface area contributed by atoms with Crippen LogP contribution in [0.1, 0.15) is 284 Å². The third-order valence-corrected chi connectivity index (χ3v) is 10.7. The van der Waals surface area contributed by atoms with Gasteiger partial charge in [0.2, 0.25) is 0 Å². The van der Waals surface area contributed by atoms with Gasteiger partial charge in [-0.3, -0.25) is 4.79 Å². The van der Waals surface area contributed by atoms with Gasteiger partial charge >= 0.3 is 5.97 Å². The van der Waals surface area contributed by atoms with E-state index in [1.807, 2.05) is 0 Å². The van der Waals surface area contributed by atoms with Crippen LogP contribution >= 0.6 is 0 Å². The van der Waals surface area contributed by atoms with Gasteiger partial charge in [-0.25, -0.2) is 0 Å². The van der Waals surface area contributed by atoms with Crippen molar-refractivity contribution in [2.45, 2.75) is 284 Å². The van der Waals surface area contributed by atoms with Gasteiger partial charge in [0.1, 0.15) is 0 Å². The SMILES string of the molecule is CCCCCCCCCCCCCCCCCCCCCCCCCCCCOC(=O)CCCCCCCCCCCCCCCCC. The molecule has 2 heteroatoms. The van der Waals surface area contributed by atoms with E-state index in [0.29, 0.717) is 13.0 Å². The molecule has 0 aromatic heterocycles. The topological polar surface area (TPSA) is 26.3 Å². The Bertz CT molecular complexity index is 572. The molecule has 0 saturated carbocycles. The third-order valence-electron chi connectivity index (χ3n) is 10.7. The van der Waals surface area contributed by atoms with Crippen LogP contribution < -0.4 is 0 Å². The molecule has 0 spiro atoms. The van der Waals surface area contributed by atoms with Crippen molar-refractivity contribution in [1.82, 2.24) is 0 Å². The van der Waals surface area contributed by atoms with Crippen LogP contribution in [-0.4, -0.2) is 12.6 Å². The van der Waals surface area contributed by atoms with Gasteiger partial charge in [-0.1, -0.05) is 264 Å². The molecule has 0 fully saturated rings. The Balaban J connectivity index is 3.13. The van der Waals surface area contributed by atoms with Crippen LogP contribution in [0.25, 0.3) is 0 Å². The predicted molar refractivity (Wildman–Crippen MR) is 216 cm³/mol. The van der Waals surface area contributed by atoms with Gasteiger partial charge in [0.25, 0.3) is 0 Å². The highest BCUT2D eigenvalue weighted by atomic mass is 16.5. The van der Waals surface area contributed by atoms with Crippen molar-refractivity contribution in [3.05, 3.63) is 0 Å². The molecule has 0 bridgehead atoms. The van der Waals surface area contributed by atoms with Crippen LogP contribution in [0.15, 0.2) is 0 Å². The molecule has 0 aromatic rings. The van der Waals surface area contributed by atoms with E-state index in [1.165, 1.54) is 250 Å². The first-order chi connectivity index (χ1) is 23.8. The number of hydrogen-bond acceptors (Lipinski definition) is 2. The fourth-order valence-electron chi connectivity index (χ4n) is 7.32. The van der Waals surface area contributed by atoms with Crippen LogP contribution in [0.5, 0.6) is 0 Å². The number of carbonyl (C=O) groups excluding carboxylic acids is 1. The second-order valence-electron chi connectivity index (χ2n) is 15.8. The minimum Gasteiger partial charge on any atom is -0.466 e. The largest absolute Gasteiger partial charge is 0.466 e. The Kier molecular flexibility index (Phi) is 44.0. The summed E-state index contributed by atoms with van der Waals surface area (Å²) in [6.07, 6.45) is 57.9. The molecule has 0 unspecified atom stereocenters. The van der Waals surface area contributed by atoms with E-state index < -0.39 is 0 Å². The molecule has 0 aromatic carbocycles. The van der Waals surface area contributed by atoms with Gasteiger partial charge in [-0.15, -0.1) is 0 Å². The summed E-state index contributed by atoms with van der Waals surface area (Å²) in [5, 5.41) is 0. The molecule has 0 radical (unpaired) electrons. The van der Waals surface area contributed by atoms with E-state index in [9.17, 15) is 4.79 Å². The second kappa shape index (κ2) is 44.5. The molecule has 0 amide bonds. The van der Waals surface area contributed by atoms with Crippen molar-refractivity contribution in [3.8, 4) is 0 Å². The Hall–Kier alpha value is -0.530. The number of hydrogen-bond donors (Lipinski definition) is 0. The average Bonchev–Trinajstić information content (AvgIpc) is 3.09. The normalized spacial score (nSPS) is 11.5. The van der Waals surface area contributed by atoms with Crippen molar-refractivity contribution in [3.63, 3.8) is 0 Å². The molecule has 0 aliphatic carbocycles. The van der Waals surface area contributed by atoms with Crippen molar-refractivity contribution >= 4 is 5.97 Å². The smallest absolute Gasteiger partial charge is 0.305 e. The number of unbranched alkanes of at least 4 members (excludes halogenated alkanes) is 39. The van der Waals surface area contributed by atoms with E-state index in [2.05, 4.69) is 13.8 Å². The summed E-state index contributed by atoms with van der Waals surface area (Å²) in [5.41, 5.74) is 0. The Morgan fingerprint density at radius 3 is 0.688 bits per heavy atom. The van der Waals surface area contributed by atoms with Crippen LogP contribution in [0.2, 0.25) is 0 Å². The van der Waals surface area contributed by atoms with Gasteiger partial charge in [0.15, 0.2) is 0 Å². The highest BCUT2D eigenvalue weighted by molar-refractivity contribution is 5.69. The standard InChI is InChI=1S/C46H92O2/c1-3-5-7-9-11-13-15-17-19-20-21-22-23-24-25-26-27-28-29-31-33-35-37-39-41-43-45-48-46(47)44-42-40-38-36-34-32-30-18-16-14-12-10-8-6-4-2/h3-45H2,1-2H3. The molecule has 288 valence electrons. The maximum Gasteiger partial charge on any atom is 0.305 e. The lowest BCUT2D eigenvalue weighted by Crippen LogP contribution is -2.05. The van der Waals surface area contributed by atoms with Gasteiger partial charge < -0.3 is 4.74 Å². The van der Waals surface area contributed by atoms with Crippen molar-refractivity contribution in [2.24, 2.45) is 0 Å². The zero-order chi connectivity index (χ0) is 34.7. The molecule has 48 heavy (non-hydrogen) atoms. The van der Waals surface area contributed by atoms with E-state index in [0.717, 1.165) is 12.8 Å². The van der Waals surface area contributed by atoms with E-state index in [4.69, 9.17) is 4.74 Å². The van der Waals surface area contributed by atoms with Gasteiger partial charge in [0.05, 0.1) is 6.61 Å². The third kappa shape index (κ3) is 43.5. The first-order valence-electron chi connectivity index (χ1n) is 23.0. The quantitative estimate of drug-likeness (QED) is 0.0474. The number of rotatable bonds is 43. The van der Waals surface area contributed by atoms with Gasteiger partial charge in [-0.2, -0.15) is 0 Å². The highest BCUT2D eigenvalue weighted by Gasteiger charge is 2.03. The Labute approximate surface area is 304 Å². The lowest BCUT2D eigenvalue weighted by Gasteiger charge is -2.06. The van der Waals surface area contributed by atoms with Gasteiger partial charge in [0, 0.05) is 6.42 Å². The summed E-state index contributed by atoms with van der Waals surface area (Å²) >= 11 is 0. The van der Waals surface area contributed by atoms with Crippen LogP contribution in [0, 0.1) is 0 Å². The van der Waals surface area contributed by atoms with E-state index >= 15 is 0 Å². The minimum atomic E-state index is 0.0317. The first kappa shape index (κ1) is 47.5. The number of ether oxygens (including phenoxy) is 1. The van der Waals surface area contributed by atoms with Crippen molar-refractivity contribution in [1.29, 1.82) is 0 Å². The monoisotopic (exact) mass is 677 g/mol. The zero-order valence-electron chi connectivity index (χ0n) is 33.7.